The molecule has 0 atom stereocenters. The molecule has 0 unspecified atom stereocenters. The van der Waals surface area contributed by atoms with Crippen LogP contribution < -0.4 is 0 Å². The van der Waals surface area contributed by atoms with Gasteiger partial charge in [0.2, 0.25) is 0 Å². The second-order valence-electron chi connectivity index (χ2n) is 3.14. The van der Waals surface area contributed by atoms with Crippen molar-refractivity contribution in [1.29, 1.82) is 0 Å². The third kappa shape index (κ3) is 0.843. The molecule has 0 aliphatic heterocycles. The van der Waals surface area contributed by atoms with Crippen LogP contribution in [-0.2, 0) is 0 Å². The molecule has 0 aliphatic rings. The molecule has 2 aromatic rings. The van der Waals surface area contributed by atoms with Crippen LogP contribution >= 0.6 is 0 Å². The first-order valence-electron chi connectivity index (χ1n) is 4.00. The number of fused-ring (bicyclic) bond motifs is 1. The molecule has 0 radical (unpaired) electrons. The summed E-state index contributed by atoms with van der Waals surface area (Å²) in [7, 11) is 0. The van der Waals surface area contributed by atoms with Gasteiger partial charge in [0.15, 0.2) is 12.0 Å². The molecule has 0 aliphatic carbocycles. The predicted octanol–water partition coefficient (Wildman–Crippen LogP) is 2.75. The standard InChI is InChI=1S/C10H11NO/c1-6-4-9-10(12-5-11-9)8(3)7(6)2/h4-5H,1-3H3. The van der Waals surface area contributed by atoms with Crippen LogP contribution in [0.1, 0.15) is 16.7 Å². The van der Waals surface area contributed by atoms with Gasteiger partial charge in [0.1, 0.15) is 5.52 Å². The van der Waals surface area contributed by atoms with Gasteiger partial charge < -0.3 is 4.42 Å². The predicted molar refractivity (Wildman–Crippen MR) is 48.2 cm³/mol. The highest BCUT2D eigenvalue weighted by Crippen LogP contribution is 2.23. The molecular formula is C10H11NO. The Kier molecular flexibility index (Phi) is 1.43. The monoisotopic (exact) mass is 161 g/mol. The fourth-order valence-electron chi connectivity index (χ4n) is 1.42. The maximum atomic E-state index is 5.27. The van der Waals surface area contributed by atoms with Crippen LogP contribution in [0.25, 0.3) is 11.1 Å². The molecule has 1 heterocycles. The zero-order valence-electron chi connectivity index (χ0n) is 7.51. The van der Waals surface area contributed by atoms with Gasteiger partial charge in [-0.2, -0.15) is 0 Å². The van der Waals surface area contributed by atoms with E-state index in [1.54, 1.807) is 0 Å². The van der Waals surface area contributed by atoms with E-state index < -0.39 is 0 Å². The number of rotatable bonds is 0. The maximum Gasteiger partial charge on any atom is 0.181 e. The van der Waals surface area contributed by atoms with E-state index in [4.69, 9.17) is 4.42 Å². The molecule has 0 saturated heterocycles. The number of hydrogen-bond acceptors (Lipinski definition) is 2. The fourth-order valence-corrected chi connectivity index (χ4v) is 1.42. The second kappa shape index (κ2) is 2.34. The summed E-state index contributed by atoms with van der Waals surface area (Å²) in [5, 5.41) is 0. The molecule has 0 fully saturated rings. The van der Waals surface area contributed by atoms with Crippen molar-refractivity contribution in [3.05, 3.63) is 29.2 Å². The van der Waals surface area contributed by atoms with Gasteiger partial charge in [0, 0.05) is 0 Å². The van der Waals surface area contributed by atoms with Gasteiger partial charge in [-0.1, -0.05) is 0 Å². The smallest absolute Gasteiger partial charge is 0.181 e. The van der Waals surface area contributed by atoms with Gasteiger partial charge in [-0.3, -0.25) is 0 Å². The molecule has 62 valence electrons. The van der Waals surface area contributed by atoms with Gasteiger partial charge in [-0.25, -0.2) is 4.98 Å². The highest BCUT2D eigenvalue weighted by atomic mass is 16.3. The molecule has 0 bridgehead atoms. The van der Waals surface area contributed by atoms with Crippen molar-refractivity contribution in [2.24, 2.45) is 0 Å². The molecule has 0 amide bonds. The van der Waals surface area contributed by atoms with E-state index in [2.05, 4.69) is 31.8 Å². The van der Waals surface area contributed by atoms with E-state index in [1.165, 1.54) is 23.1 Å². The molecular weight excluding hydrogens is 150 g/mol. The Labute approximate surface area is 71.2 Å². The first kappa shape index (κ1) is 7.35. The lowest BCUT2D eigenvalue weighted by Gasteiger charge is -2.02. The van der Waals surface area contributed by atoms with Gasteiger partial charge in [-0.15, -0.1) is 0 Å². The molecule has 2 heteroatoms. The van der Waals surface area contributed by atoms with Crippen molar-refractivity contribution in [1.82, 2.24) is 4.98 Å². The normalized spacial score (nSPS) is 10.9. The largest absolute Gasteiger partial charge is 0.443 e. The van der Waals surface area contributed by atoms with E-state index in [0.717, 1.165) is 11.1 Å². The first-order valence-corrected chi connectivity index (χ1v) is 4.00. The number of nitrogens with zero attached hydrogens (tertiary/aromatic N) is 1. The van der Waals surface area contributed by atoms with Crippen LogP contribution in [0, 0.1) is 20.8 Å². The topological polar surface area (TPSA) is 26.0 Å². The van der Waals surface area contributed by atoms with Crippen molar-refractivity contribution in [3.8, 4) is 0 Å². The van der Waals surface area contributed by atoms with Crippen molar-refractivity contribution in [3.63, 3.8) is 0 Å². The summed E-state index contributed by atoms with van der Waals surface area (Å²) >= 11 is 0. The Morgan fingerprint density at radius 2 is 1.92 bits per heavy atom. The molecule has 1 aromatic carbocycles. The van der Waals surface area contributed by atoms with Gasteiger partial charge >= 0.3 is 0 Å². The zero-order chi connectivity index (χ0) is 8.72. The van der Waals surface area contributed by atoms with Crippen molar-refractivity contribution in [2.75, 3.05) is 0 Å². The quantitative estimate of drug-likeness (QED) is 0.593. The number of benzene rings is 1. The summed E-state index contributed by atoms with van der Waals surface area (Å²) in [6, 6.07) is 2.06. The third-order valence-electron chi connectivity index (χ3n) is 2.44. The minimum absolute atomic E-state index is 0.915. The maximum absolute atomic E-state index is 5.27. The Bertz CT molecular complexity index is 429. The van der Waals surface area contributed by atoms with Crippen molar-refractivity contribution < 1.29 is 4.42 Å². The van der Waals surface area contributed by atoms with Gasteiger partial charge in [0.05, 0.1) is 0 Å². The molecule has 2 nitrogen and oxygen atoms in total. The SMILES string of the molecule is Cc1cc2ncoc2c(C)c1C. The van der Waals surface area contributed by atoms with E-state index in [0.29, 0.717) is 0 Å². The van der Waals surface area contributed by atoms with Crippen molar-refractivity contribution in [2.45, 2.75) is 20.8 Å². The summed E-state index contributed by atoms with van der Waals surface area (Å²) in [6.07, 6.45) is 1.50. The third-order valence-corrected chi connectivity index (χ3v) is 2.44. The molecule has 2 rings (SSSR count). The summed E-state index contributed by atoms with van der Waals surface area (Å²) in [5.41, 5.74) is 5.63. The minimum Gasteiger partial charge on any atom is -0.443 e. The van der Waals surface area contributed by atoms with Gasteiger partial charge in [-0.05, 0) is 43.5 Å². The Morgan fingerprint density at radius 3 is 2.67 bits per heavy atom. The van der Waals surface area contributed by atoms with Crippen LogP contribution in [0.4, 0.5) is 0 Å². The summed E-state index contributed by atoms with van der Waals surface area (Å²) in [6.45, 7) is 6.26. The zero-order valence-corrected chi connectivity index (χ0v) is 7.51. The summed E-state index contributed by atoms with van der Waals surface area (Å²) in [4.78, 5) is 4.11. The lowest BCUT2D eigenvalue weighted by molar-refractivity contribution is 0.599. The van der Waals surface area contributed by atoms with Crippen molar-refractivity contribution >= 4 is 11.1 Å². The van der Waals surface area contributed by atoms with Crippen LogP contribution in [0.15, 0.2) is 16.9 Å². The average molecular weight is 161 g/mol. The average Bonchev–Trinajstić information content (AvgIpc) is 2.48. The summed E-state index contributed by atoms with van der Waals surface area (Å²) < 4.78 is 5.27. The Hall–Kier alpha value is -1.31. The fraction of sp³-hybridized carbons (Fsp3) is 0.300. The van der Waals surface area contributed by atoms with Crippen LogP contribution in [0.5, 0.6) is 0 Å². The van der Waals surface area contributed by atoms with Crippen LogP contribution in [0.3, 0.4) is 0 Å². The van der Waals surface area contributed by atoms with E-state index in [1.807, 2.05) is 0 Å². The highest BCUT2D eigenvalue weighted by molar-refractivity contribution is 5.78. The molecule has 0 saturated carbocycles. The lowest BCUT2D eigenvalue weighted by Crippen LogP contribution is -1.86. The van der Waals surface area contributed by atoms with E-state index >= 15 is 0 Å². The number of aryl methyl sites for hydroxylation is 2. The Balaban J connectivity index is 2.94. The van der Waals surface area contributed by atoms with Gasteiger partial charge in [0.25, 0.3) is 0 Å². The molecule has 0 spiro atoms. The first-order chi connectivity index (χ1) is 5.70. The van der Waals surface area contributed by atoms with Crippen LogP contribution in [0.2, 0.25) is 0 Å². The van der Waals surface area contributed by atoms with E-state index in [-0.39, 0.29) is 0 Å². The van der Waals surface area contributed by atoms with Crippen LogP contribution in [-0.4, -0.2) is 4.98 Å². The number of aromatic nitrogens is 1. The number of oxazole rings is 1. The molecule has 12 heavy (non-hydrogen) atoms. The van der Waals surface area contributed by atoms with E-state index in [9.17, 15) is 0 Å². The summed E-state index contributed by atoms with van der Waals surface area (Å²) in [5.74, 6) is 0. The minimum atomic E-state index is 0.915. The molecule has 0 N–H and O–H groups in total. The highest BCUT2D eigenvalue weighted by Gasteiger charge is 2.06. The Morgan fingerprint density at radius 1 is 1.17 bits per heavy atom. The lowest BCUT2D eigenvalue weighted by atomic mass is 10.0. The molecule has 1 aromatic heterocycles. The second-order valence-corrected chi connectivity index (χ2v) is 3.14. The number of hydrogen-bond donors (Lipinski definition) is 0.